The van der Waals surface area contributed by atoms with Crippen molar-refractivity contribution in [3.05, 3.63) is 35.9 Å². The number of carbonyl (C=O) groups excluding carboxylic acids is 1. The first kappa shape index (κ1) is 15.3. The first-order valence-corrected chi connectivity index (χ1v) is 6.60. The van der Waals surface area contributed by atoms with Crippen LogP contribution in [-0.2, 0) is 20.9 Å². The molecule has 0 saturated carbocycles. The third kappa shape index (κ3) is 6.64. The van der Waals surface area contributed by atoms with E-state index in [1.165, 1.54) is 0 Å². The standard InChI is InChI=1S/C16H20O3/c1-3-8-15(11-12-16(17)18-4-2)19-13-14-9-6-5-7-10-14/h5-7,9-10,15H,3-4,8,13H2,1-2H3. The summed E-state index contributed by atoms with van der Waals surface area (Å²) in [4.78, 5) is 11.2. The zero-order chi connectivity index (χ0) is 13.9. The quantitative estimate of drug-likeness (QED) is 0.448. The van der Waals surface area contributed by atoms with Gasteiger partial charge in [-0.3, -0.25) is 0 Å². The molecule has 0 heterocycles. The maximum Gasteiger partial charge on any atom is 0.384 e. The van der Waals surface area contributed by atoms with Crippen molar-refractivity contribution >= 4 is 5.97 Å². The Bertz CT molecular complexity index is 428. The molecule has 0 spiro atoms. The van der Waals surface area contributed by atoms with Crippen LogP contribution in [0.4, 0.5) is 0 Å². The summed E-state index contributed by atoms with van der Waals surface area (Å²) in [6.45, 7) is 4.67. The van der Waals surface area contributed by atoms with Gasteiger partial charge < -0.3 is 9.47 Å². The molecule has 1 rings (SSSR count). The maximum atomic E-state index is 11.2. The van der Waals surface area contributed by atoms with E-state index in [2.05, 4.69) is 18.8 Å². The average Bonchev–Trinajstić information content (AvgIpc) is 2.43. The van der Waals surface area contributed by atoms with E-state index >= 15 is 0 Å². The fraction of sp³-hybridized carbons (Fsp3) is 0.438. The van der Waals surface area contributed by atoms with Gasteiger partial charge >= 0.3 is 5.97 Å². The Morgan fingerprint density at radius 1 is 1.26 bits per heavy atom. The van der Waals surface area contributed by atoms with Crippen LogP contribution < -0.4 is 0 Å². The third-order valence-electron chi connectivity index (χ3n) is 2.46. The molecule has 0 aliphatic rings. The van der Waals surface area contributed by atoms with E-state index < -0.39 is 5.97 Å². The van der Waals surface area contributed by atoms with E-state index in [1.54, 1.807) is 6.92 Å². The number of hydrogen-bond acceptors (Lipinski definition) is 3. The number of rotatable bonds is 6. The zero-order valence-electron chi connectivity index (χ0n) is 11.5. The summed E-state index contributed by atoms with van der Waals surface area (Å²) in [6.07, 6.45) is 1.53. The molecule has 0 aromatic heterocycles. The van der Waals surface area contributed by atoms with Crippen LogP contribution in [0.2, 0.25) is 0 Å². The highest BCUT2D eigenvalue weighted by Crippen LogP contribution is 2.07. The Balaban J connectivity index is 2.50. The summed E-state index contributed by atoms with van der Waals surface area (Å²) in [5.74, 6) is 4.80. The van der Waals surface area contributed by atoms with Gasteiger partial charge in [0, 0.05) is 5.92 Å². The molecule has 0 amide bonds. The lowest BCUT2D eigenvalue weighted by atomic mass is 10.2. The summed E-state index contributed by atoms with van der Waals surface area (Å²) >= 11 is 0. The van der Waals surface area contributed by atoms with E-state index in [1.807, 2.05) is 30.3 Å². The fourth-order valence-electron chi connectivity index (χ4n) is 1.54. The predicted octanol–water partition coefficient (Wildman–Crippen LogP) is 2.94. The van der Waals surface area contributed by atoms with Gasteiger partial charge in [0.25, 0.3) is 0 Å². The van der Waals surface area contributed by atoms with E-state index in [-0.39, 0.29) is 6.10 Å². The summed E-state index contributed by atoms with van der Waals surface area (Å²) in [5, 5.41) is 0. The van der Waals surface area contributed by atoms with E-state index in [4.69, 9.17) is 9.47 Å². The van der Waals surface area contributed by atoms with Crippen LogP contribution in [-0.4, -0.2) is 18.7 Å². The molecule has 3 heteroatoms. The van der Waals surface area contributed by atoms with Crippen molar-refractivity contribution < 1.29 is 14.3 Å². The Morgan fingerprint density at radius 2 is 2.00 bits per heavy atom. The number of hydrogen-bond donors (Lipinski definition) is 0. The molecular weight excluding hydrogens is 240 g/mol. The summed E-state index contributed by atoms with van der Waals surface area (Å²) in [6, 6.07) is 9.91. The molecule has 0 saturated heterocycles. The van der Waals surface area contributed by atoms with Crippen molar-refractivity contribution in [1.29, 1.82) is 0 Å². The molecule has 0 aliphatic heterocycles. The van der Waals surface area contributed by atoms with Crippen LogP contribution in [0.5, 0.6) is 0 Å². The lowest BCUT2D eigenvalue weighted by Crippen LogP contribution is -2.11. The van der Waals surface area contributed by atoms with Gasteiger partial charge in [0.15, 0.2) is 0 Å². The van der Waals surface area contributed by atoms with Crippen molar-refractivity contribution in [2.24, 2.45) is 0 Å². The van der Waals surface area contributed by atoms with Gasteiger partial charge in [0.2, 0.25) is 0 Å². The van der Waals surface area contributed by atoms with E-state index in [9.17, 15) is 4.79 Å². The van der Waals surface area contributed by atoms with Gasteiger partial charge in [-0.15, -0.1) is 0 Å². The Morgan fingerprint density at radius 3 is 2.63 bits per heavy atom. The molecule has 3 nitrogen and oxygen atoms in total. The largest absolute Gasteiger partial charge is 0.456 e. The molecule has 0 bridgehead atoms. The lowest BCUT2D eigenvalue weighted by Gasteiger charge is -2.11. The molecule has 102 valence electrons. The normalized spacial score (nSPS) is 11.3. The highest BCUT2D eigenvalue weighted by Gasteiger charge is 2.05. The predicted molar refractivity (Wildman–Crippen MR) is 74.3 cm³/mol. The molecule has 1 aromatic rings. The van der Waals surface area contributed by atoms with Crippen LogP contribution in [0.1, 0.15) is 32.3 Å². The molecule has 1 aromatic carbocycles. The minimum Gasteiger partial charge on any atom is -0.456 e. The van der Waals surface area contributed by atoms with Gasteiger partial charge in [-0.05, 0) is 18.9 Å². The van der Waals surface area contributed by atoms with Crippen molar-refractivity contribution in [2.45, 2.75) is 39.4 Å². The summed E-state index contributed by atoms with van der Waals surface area (Å²) < 4.78 is 10.5. The second-order valence-electron chi connectivity index (χ2n) is 4.06. The summed E-state index contributed by atoms with van der Waals surface area (Å²) in [5.41, 5.74) is 1.10. The maximum absolute atomic E-state index is 11.2. The summed E-state index contributed by atoms with van der Waals surface area (Å²) in [7, 11) is 0. The van der Waals surface area contributed by atoms with Gasteiger partial charge in [0.05, 0.1) is 13.2 Å². The van der Waals surface area contributed by atoms with Crippen LogP contribution in [0, 0.1) is 11.8 Å². The Kier molecular flexibility index (Phi) is 7.38. The minimum atomic E-state index is -0.494. The van der Waals surface area contributed by atoms with Crippen LogP contribution in [0.3, 0.4) is 0 Å². The highest BCUT2D eigenvalue weighted by molar-refractivity contribution is 5.88. The Labute approximate surface area is 114 Å². The monoisotopic (exact) mass is 260 g/mol. The molecule has 1 atom stereocenters. The SMILES string of the molecule is CCCC(C#CC(=O)OCC)OCc1ccccc1. The first-order valence-electron chi connectivity index (χ1n) is 6.60. The molecule has 0 fully saturated rings. The van der Waals surface area contributed by atoms with Crippen LogP contribution >= 0.6 is 0 Å². The topological polar surface area (TPSA) is 35.5 Å². The van der Waals surface area contributed by atoms with E-state index in [0.29, 0.717) is 13.2 Å². The number of ether oxygens (including phenoxy) is 2. The lowest BCUT2D eigenvalue weighted by molar-refractivity contribution is -0.136. The Hall–Kier alpha value is -1.79. The third-order valence-corrected chi connectivity index (χ3v) is 2.46. The van der Waals surface area contributed by atoms with Gasteiger partial charge in [-0.25, -0.2) is 4.79 Å². The van der Waals surface area contributed by atoms with Gasteiger partial charge in [-0.2, -0.15) is 0 Å². The number of esters is 1. The zero-order valence-corrected chi connectivity index (χ0v) is 11.5. The second-order valence-corrected chi connectivity index (χ2v) is 4.06. The molecule has 19 heavy (non-hydrogen) atoms. The molecule has 0 N–H and O–H groups in total. The van der Waals surface area contributed by atoms with Crippen molar-refractivity contribution in [2.75, 3.05) is 6.61 Å². The first-order chi connectivity index (χ1) is 9.26. The van der Waals surface area contributed by atoms with Crippen LogP contribution in [0.25, 0.3) is 0 Å². The van der Waals surface area contributed by atoms with E-state index in [0.717, 1.165) is 18.4 Å². The molecule has 0 radical (unpaired) electrons. The van der Waals surface area contributed by atoms with Gasteiger partial charge in [0.1, 0.15) is 6.10 Å². The highest BCUT2D eigenvalue weighted by atomic mass is 16.5. The molecule has 1 unspecified atom stereocenters. The van der Waals surface area contributed by atoms with Crippen molar-refractivity contribution in [1.82, 2.24) is 0 Å². The number of carbonyl (C=O) groups is 1. The average molecular weight is 260 g/mol. The van der Waals surface area contributed by atoms with Crippen molar-refractivity contribution in [3.63, 3.8) is 0 Å². The fourth-order valence-corrected chi connectivity index (χ4v) is 1.54. The minimum absolute atomic E-state index is 0.227. The van der Waals surface area contributed by atoms with Crippen LogP contribution in [0.15, 0.2) is 30.3 Å². The smallest absolute Gasteiger partial charge is 0.384 e. The molecule has 0 aliphatic carbocycles. The van der Waals surface area contributed by atoms with Crippen molar-refractivity contribution in [3.8, 4) is 11.8 Å². The molecular formula is C16H20O3. The number of benzene rings is 1. The second kappa shape index (κ2) is 9.18. The van der Waals surface area contributed by atoms with Gasteiger partial charge in [-0.1, -0.05) is 49.6 Å².